The van der Waals surface area contributed by atoms with Gasteiger partial charge < -0.3 is 10.5 Å². The molecule has 0 aliphatic rings. The van der Waals surface area contributed by atoms with Gasteiger partial charge in [0, 0.05) is 10.0 Å². The van der Waals surface area contributed by atoms with Gasteiger partial charge >= 0.3 is 0 Å². The molecule has 0 spiro atoms. The first kappa shape index (κ1) is 16.2. The minimum Gasteiger partial charge on any atom is -0.494 e. The van der Waals surface area contributed by atoms with Gasteiger partial charge in [0.25, 0.3) is 0 Å². The number of benzene rings is 2. The third kappa shape index (κ3) is 4.37. The number of hydrogen-bond donors (Lipinski definition) is 1. The topological polar surface area (TPSA) is 35.2 Å². The Morgan fingerprint density at radius 2 is 1.81 bits per heavy atom. The minimum absolute atomic E-state index is 0.305. The molecule has 0 bridgehead atoms. The van der Waals surface area contributed by atoms with Crippen molar-refractivity contribution >= 4 is 23.2 Å². The Bertz CT molecular complexity index is 584. The maximum absolute atomic E-state index is 6.27. The van der Waals surface area contributed by atoms with Crippen LogP contribution in [0.1, 0.15) is 36.9 Å². The van der Waals surface area contributed by atoms with Gasteiger partial charge in [0.05, 0.1) is 12.6 Å². The van der Waals surface area contributed by atoms with Crippen molar-refractivity contribution in [3.8, 4) is 5.75 Å². The first-order valence-electron chi connectivity index (χ1n) is 7.05. The highest BCUT2D eigenvalue weighted by Gasteiger charge is 2.13. The number of halogens is 2. The zero-order chi connectivity index (χ0) is 15.2. The Kier molecular flexibility index (Phi) is 5.92. The first-order chi connectivity index (χ1) is 10.1. The summed E-state index contributed by atoms with van der Waals surface area (Å²) >= 11 is 12.2. The van der Waals surface area contributed by atoms with Crippen molar-refractivity contribution in [2.24, 2.45) is 5.73 Å². The fourth-order valence-corrected chi connectivity index (χ4v) is 2.45. The van der Waals surface area contributed by atoms with Crippen LogP contribution >= 0.6 is 23.2 Å². The Morgan fingerprint density at radius 3 is 2.48 bits per heavy atom. The van der Waals surface area contributed by atoms with E-state index in [1.165, 1.54) is 0 Å². The van der Waals surface area contributed by atoms with Gasteiger partial charge in [0.15, 0.2) is 0 Å². The lowest BCUT2D eigenvalue weighted by Crippen LogP contribution is -2.12. The second-order valence-corrected chi connectivity index (χ2v) is 5.76. The lowest BCUT2D eigenvalue weighted by molar-refractivity contribution is 0.309. The zero-order valence-corrected chi connectivity index (χ0v) is 13.5. The molecule has 1 atom stereocenters. The molecule has 0 saturated heterocycles. The van der Waals surface area contributed by atoms with Crippen LogP contribution in [0, 0.1) is 0 Å². The molecule has 21 heavy (non-hydrogen) atoms. The van der Waals surface area contributed by atoms with E-state index in [4.69, 9.17) is 33.7 Å². The molecule has 4 heteroatoms. The quantitative estimate of drug-likeness (QED) is 0.739. The molecule has 2 nitrogen and oxygen atoms in total. The summed E-state index contributed by atoms with van der Waals surface area (Å²) in [4.78, 5) is 0. The Labute approximate surface area is 135 Å². The highest BCUT2D eigenvalue weighted by Crippen LogP contribution is 2.29. The predicted molar refractivity (Wildman–Crippen MR) is 89.3 cm³/mol. The summed E-state index contributed by atoms with van der Waals surface area (Å²) in [5.74, 6) is 0.858. The van der Waals surface area contributed by atoms with E-state index < -0.39 is 0 Å². The fraction of sp³-hybridized carbons (Fsp3) is 0.294. The Balaban J connectivity index is 2.12. The standard InChI is InChI=1S/C17H19Cl2NO/c1-2-3-10-21-14-7-4-12(5-8-14)17(20)15-11-13(18)6-9-16(15)19/h4-9,11,17H,2-3,10,20H2,1H3. The van der Waals surface area contributed by atoms with Crippen molar-refractivity contribution in [3.63, 3.8) is 0 Å². The van der Waals surface area contributed by atoms with Gasteiger partial charge in [-0.2, -0.15) is 0 Å². The molecular formula is C17H19Cl2NO. The summed E-state index contributed by atoms with van der Waals surface area (Å²) in [6.45, 7) is 2.88. The normalized spacial score (nSPS) is 12.2. The van der Waals surface area contributed by atoms with Crippen LogP contribution in [0.2, 0.25) is 10.0 Å². The summed E-state index contributed by atoms with van der Waals surface area (Å²) in [5, 5.41) is 1.25. The second-order valence-electron chi connectivity index (χ2n) is 4.91. The Hall–Kier alpha value is -1.22. The average molecular weight is 324 g/mol. The number of unbranched alkanes of at least 4 members (excludes halogenated alkanes) is 1. The van der Waals surface area contributed by atoms with Crippen molar-refractivity contribution in [2.75, 3.05) is 6.61 Å². The Morgan fingerprint density at radius 1 is 1.10 bits per heavy atom. The largest absolute Gasteiger partial charge is 0.494 e. The minimum atomic E-state index is -0.305. The molecule has 0 aliphatic carbocycles. The molecule has 0 aromatic heterocycles. The molecule has 2 rings (SSSR count). The van der Waals surface area contributed by atoms with E-state index in [0.29, 0.717) is 10.0 Å². The van der Waals surface area contributed by atoms with Crippen LogP contribution in [-0.4, -0.2) is 6.61 Å². The monoisotopic (exact) mass is 323 g/mol. The second kappa shape index (κ2) is 7.69. The number of hydrogen-bond acceptors (Lipinski definition) is 2. The van der Waals surface area contributed by atoms with Gasteiger partial charge in [0.2, 0.25) is 0 Å². The summed E-state index contributed by atoms with van der Waals surface area (Å²) in [6.07, 6.45) is 2.18. The van der Waals surface area contributed by atoms with Gasteiger partial charge in [-0.1, -0.05) is 48.7 Å². The van der Waals surface area contributed by atoms with Gasteiger partial charge in [-0.15, -0.1) is 0 Å². The number of nitrogens with two attached hydrogens (primary N) is 1. The van der Waals surface area contributed by atoms with Crippen molar-refractivity contribution in [1.82, 2.24) is 0 Å². The molecule has 0 fully saturated rings. The van der Waals surface area contributed by atoms with Crippen molar-refractivity contribution in [3.05, 3.63) is 63.6 Å². The molecule has 0 aliphatic heterocycles. The van der Waals surface area contributed by atoms with Crippen LogP contribution in [0.3, 0.4) is 0 Å². The summed E-state index contributed by atoms with van der Waals surface area (Å²) < 4.78 is 5.64. The maximum atomic E-state index is 6.27. The van der Waals surface area contributed by atoms with Gasteiger partial charge in [-0.3, -0.25) is 0 Å². The van der Waals surface area contributed by atoms with E-state index >= 15 is 0 Å². The molecule has 2 N–H and O–H groups in total. The predicted octanol–water partition coefficient (Wildman–Crippen LogP) is 5.22. The van der Waals surface area contributed by atoms with Crippen LogP contribution in [0.25, 0.3) is 0 Å². The number of ether oxygens (including phenoxy) is 1. The first-order valence-corrected chi connectivity index (χ1v) is 7.80. The molecule has 0 heterocycles. The summed E-state index contributed by atoms with van der Waals surface area (Å²) in [5.41, 5.74) is 8.07. The van der Waals surface area contributed by atoms with Crippen molar-refractivity contribution in [1.29, 1.82) is 0 Å². The molecule has 0 radical (unpaired) electrons. The van der Waals surface area contributed by atoms with Gasteiger partial charge in [-0.25, -0.2) is 0 Å². The maximum Gasteiger partial charge on any atom is 0.119 e. The van der Waals surface area contributed by atoms with Crippen LogP contribution < -0.4 is 10.5 Å². The van der Waals surface area contributed by atoms with E-state index in [1.807, 2.05) is 24.3 Å². The summed E-state index contributed by atoms with van der Waals surface area (Å²) in [6, 6.07) is 12.8. The third-order valence-electron chi connectivity index (χ3n) is 3.30. The summed E-state index contributed by atoms with van der Waals surface area (Å²) in [7, 11) is 0. The molecule has 2 aromatic rings. The van der Waals surface area contributed by atoms with Gasteiger partial charge in [0.1, 0.15) is 5.75 Å². The lowest BCUT2D eigenvalue weighted by atomic mass is 9.99. The van der Waals surface area contributed by atoms with E-state index in [0.717, 1.165) is 36.3 Å². The average Bonchev–Trinajstić information content (AvgIpc) is 2.50. The van der Waals surface area contributed by atoms with Crippen LogP contribution in [0.5, 0.6) is 5.75 Å². The van der Waals surface area contributed by atoms with E-state index in [9.17, 15) is 0 Å². The zero-order valence-electron chi connectivity index (χ0n) is 12.0. The van der Waals surface area contributed by atoms with Gasteiger partial charge in [-0.05, 0) is 47.9 Å². The van der Waals surface area contributed by atoms with Crippen LogP contribution in [0.4, 0.5) is 0 Å². The molecule has 0 amide bonds. The molecule has 0 saturated carbocycles. The highest BCUT2D eigenvalue weighted by molar-refractivity contribution is 6.33. The van der Waals surface area contributed by atoms with Crippen LogP contribution in [0.15, 0.2) is 42.5 Å². The highest BCUT2D eigenvalue weighted by atomic mass is 35.5. The molecule has 1 unspecified atom stereocenters. The smallest absolute Gasteiger partial charge is 0.119 e. The van der Waals surface area contributed by atoms with Crippen molar-refractivity contribution in [2.45, 2.75) is 25.8 Å². The number of rotatable bonds is 6. The van der Waals surface area contributed by atoms with E-state index in [-0.39, 0.29) is 6.04 Å². The SMILES string of the molecule is CCCCOc1ccc(C(N)c2cc(Cl)ccc2Cl)cc1. The van der Waals surface area contributed by atoms with E-state index in [1.54, 1.807) is 18.2 Å². The molecular weight excluding hydrogens is 305 g/mol. The fourth-order valence-electron chi connectivity index (χ4n) is 2.04. The van der Waals surface area contributed by atoms with E-state index in [2.05, 4.69) is 6.92 Å². The third-order valence-corrected chi connectivity index (χ3v) is 3.88. The molecule has 2 aromatic carbocycles. The van der Waals surface area contributed by atoms with Crippen molar-refractivity contribution < 1.29 is 4.74 Å². The molecule has 112 valence electrons. The van der Waals surface area contributed by atoms with Crippen LogP contribution in [-0.2, 0) is 0 Å². The lowest BCUT2D eigenvalue weighted by Gasteiger charge is -2.15.